The Hall–Kier alpha value is -3.71. The summed E-state index contributed by atoms with van der Waals surface area (Å²) in [5.74, 6) is 0.557. The number of hydrogen-bond acceptors (Lipinski definition) is 4. The van der Waals surface area contributed by atoms with Gasteiger partial charge < -0.3 is 15.4 Å². The van der Waals surface area contributed by atoms with Crippen LogP contribution in [-0.4, -0.2) is 23.5 Å². The Morgan fingerprint density at radius 2 is 1.56 bits per heavy atom. The molecule has 0 unspecified atom stereocenters. The van der Waals surface area contributed by atoms with Crippen LogP contribution in [0.1, 0.15) is 36.2 Å². The van der Waals surface area contributed by atoms with E-state index in [9.17, 15) is 9.59 Å². The van der Waals surface area contributed by atoms with E-state index < -0.39 is 0 Å². The zero-order valence-corrected chi connectivity index (χ0v) is 20.2. The van der Waals surface area contributed by atoms with Crippen LogP contribution in [0.2, 0.25) is 0 Å². The normalized spacial score (nSPS) is 10.4. The highest BCUT2D eigenvalue weighted by Crippen LogP contribution is 2.19. The van der Waals surface area contributed by atoms with Gasteiger partial charge in [-0.25, -0.2) is 0 Å². The first kappa shape index (κ1) is 24.9. The monoisotopic (exact) mass is 475 g/mol. The van der Waals surface area contributed by atoms with E-state index in [4.69, 9.17) is 17.0 Å². The number of para-hydroxylation sites is 1. The second-order valence-electron chi connectivity index (χ2n) is 8.23. The molecule has 2 amide bonds. The van der Waals surface area contributed by atoms with Crippen LogP contribution in [0.4, 0.5) is 11.4 Å². The molecule has 0 aliphatic heterocycles. The summed E-state index contributed by atoms with van der Waals surface area (Å²) in [4.78, 5) is 25.1. The van der Waals surface area contributed by atoms with E-state index in [2.05, 4.69) is 29.8 Å². The molecule has 3 aromatic rings. The topological polar surface area (TPSA) is 79.5 Å². The molecule has 0 fully saturated rings. The van der Waals surface area contributed by atoms with E-state index >= 15 is 0 Å². The smallest absolute Gasteiger partial charge is 0.261 e. The lowest BCUT2D eigenvalue weighted by Crippen LogP contribution is -2.34. The SMILES string of the molecule is CC(C)CCOc1ccccc1C(=O)NC(=S)Nc1cccc(NC(=O)Cc2ccccc2)c1. The summed E-state index contributed by atoms with van der Waals surface area (Å²) in [6.45, 7) is 4.78. The molecule has 0 spiro atoms. The first-order chi connectivity index (χ1) is 16.4. The molecule has 3 aromatic carbocycles. The Kier molecular flexibility index (Phi) is 9.17. The second-order valence-corrected chi connectivity index (χ2v) is 8.63. The number of hydrogen-bond donors (Lipinski definition) is 3. The van der Waals surface area contributed by atoms with Gasteiger partial charge in [0.05, 0.1) is 18.6 Å². The van der Waals surface area contributed by atoms with Crippen molar-refractivity contribution in [3.63, 3.8) is 0 Å². The lowest BCUT2D eigenvalue weighted by molar-refractivity contribution is -0.115. The molecule has 0 aliphatic carbocycles. The number of benzene rings is 3. The Morgan fingerprint density at radius 3 is 2.29 bits per heavy atom. The minimum absolute atomic E-state index is 0.117. The number of amides is 2. The zero-order valence-electron chi connectivity index (χ0n) is 19.3. The third-order valence-corrected chi connectivity index (χ3v) is 5.13. The molecule has 3 N–H and O–H groups in total. The molecule has 0 aromatic heterocycles. The molecule has 7 heteroatoms. The van der Waals surface area contributed by atoms with Crippen LogP contribution in [0.15, 0.2) is 78.9 Å². The fraction of sp³-hybridized carbons (Fsp3) is 0.222. The first-order valence-corrected chi connectivity index (χ1v) is 11.6. The van der Waals surface area contributed by atoms with Gasteiger partial charge in [-0.05, 0) is 60.5 Å². The summed E-state index contributed by atoms with van der Waals surface area (Å²) < 4.78 is 5.80. The Morgan fingerprint density at radius 1 is 0.882 bits per heavy atom. The van der Waals surface area contributed by atoms with E-state index in [0.717, 1.165) is 12.0 Å². The van der Waals surface area contributed by atoms with Crippen LogP contribution in [0, 0.1) is 5.92 Å². The third kappa shape index (κ3) is 8.01. The predicted molar refractivity (Wildman–Crippen MR) is 140 cm³/mol. The average molecular weight is 476 g/mol. The van der Waals surface area contributed by atoms with Gasteiger partial charge in [0.1, 0.15) is 5.75 Å². The van der Waals surface area contributed by atoms with Crippen LogP contribution < -0.4 is 20.7 Å². The Bertz CT molecular complexity index is 1130. The molecule has 0 bridgehead atoms. The van der Waals surface area contributed by atoms with Gasteiger partial charge in [0.25, 0.3) is 5.91 Å². The summed E-state index contributed by atoms with van der Waals surface area (Å²) in [7, 11) is 0. The lowest BCUT2D eigenvalue weighted by atomic mass is 10.1. The second kappa shape index (κ2) is 12.5. The molecular weight excluding hydrogens is 446 g/mol. The Balaban J connectivity index is 1.56. The van der Waals surface area contributed by atoms with Gasteiger partial charge in [-0.1, -0.05) is 62.4 Å². The highest BCUT2D eigenvalue weighted by molar-refractivity contribution is 7.80. The molecule has 0 saturated heterocycles. The van der Waals surface area contributed by atoms with Crippen molar-refractivity contribution in [2.75, 3.05) is 17.2 Å². The minimum atomic E-state index is -0.357. The van der Waals surface area contributed by atoms with Crippen molar-refractivity contribution in [3.05, 3.63) is 90.0 Å². The lowest BCUT2D eigenvalue weighted by Gasteiger charge is -2.14. The summed E-state index contributed by atoms with van der Waals surface area (Å²) in [5, 5.41) is 8.71. The summed E-state index contributed by atoms with van der Waals surface area (Å²) in [6, 6.07) is 23.8. The molecular formula is C27H29N3O3S. The van der Waals surface area contributed by atoms with E-state index in [0.29, 0.717) is 35.2 Å². The standard InChI is InChI=1S/C27H29N3O3S/c1-19(2)15-16-33-24-14-7-6-13-23(24)26(32)30-27(34)29-22-12-8-11-21(18-22)28-25(31)17-20-9-4-3-5-10-20/h3-14,18-19H,15-17H2,1-2H3,(H,28,31)(H2,29,30,32,34). The number of anilines is 2. The molecule has 0 radical (unpaired) electrons. The van der Waals surface area contributed by atoms with Gasteiger partial charge in [0, 0.05) is 11.4 Å². The Labute approximate surface area is 205 Å². The maximum atomic E-state index is 12.8. The number of carbonyl (C=O) groups is 2. The van der Waals surface area contributed by atoms with Crippen molar-refractivity contribution in [2.24, 2.45) is 5.92 Å². The summed E-state index contributed by atoms with van der Waals surface area (Å²) in [6.07, 6.45) is 1.18. The van der Waals surface area contributed by atoms with Crippen molar-refractivity contribution >= 4 is 40.5 Å². The predicted octanol–water partition coefficient (Wildman–Crippen LogP) is 5.42. The van der Waals surface area contributed by atoms with Gasteiger partial charge in [0.15, 0.2) is 5.11 Å². The maximum absolute atomic E-state index is 12.8. The van der Waals surface area contributed by atoms with E-state index in [1.807, 2.05) is 36.4 Å². The molecule has 0 aliphatic rings. The number of nitrogens with one attached hydrogen (secondary N) is 3. The van der Waals surface area contributed by atoms with Crippen LogP contribution in [0.25, 0.3) is 0 Å². The first-order valence-electron chi connectivity index (χ1n) is 11.2. The van der Waals surface area contributed by atoms with Crippen LogP contribution in [0.5, 0.6) is 5.75 Å². The molecule has 34 heavy (non-hydrogen) atoms. The zero-order chi connectivity index (χ0) is 24.3. The van der Waals surface area contributed by atoms with Crippen LogP contribution >= 0.6 is 12.2 Å². The highest BCUT2D eigenvalue weighted by Gasteiger charge is 2.14. The van der Waals surface area contributed by atoms with Gasteiger partial charge in [-0.15, -0.1) is 0 Å². The van der Waals surface area contributed by atoms with Crippen molar-refractivity contribution < 1.29 is 14.3 Å². The van der Waals surface area contributed by atoms with Gasteiger partial charge in [-0.3, -0.25) is 14.9 Å². The van der Waals surface area contributed by atoms with Crippen LogP contribution in [-0.2, 0) is 11.2 Å². The summed E-state index contributed by atoms with van der Waals surface area (Å²) in [5.41, 5.74) is 2.62. The third-order valence-electron chi connectivity index (χ3n) is 4.92. The minimum Gasteiger partial charge on any atom is -0.493 e. The van der Waals surface area contributed by atoms with Crippen LogP contribution in [0.3, 0.4) is 0 Å². The van der Waals surface area contributed by atoms with E-state index in [1.54, 1.807) is 42.5 Å². The van der Waals surface area contributed by atoms with E-state index in [-0.39, 0.29) is 23.3 Å². The van der Waals surface area contributed by atoms with Gasteiger partial charge in [-0.2, -0.15) is 0 Å². The average Bonchev–Trinajstić information content (AvgIpc) is 2.80. The van der Waals surface area contributed by atoms with Crippen molar-refractivity contribution in [3.8, 4) is 5.75 Å². The van der Waals surface area contributed by atoms with Crippen molar-refractivity contribution in [1.82, 2.24) is 5.32 Å². The molecule has 0 atom stereocenters. The molecule has 176 valence electrons. The fourth-order valence-corrected chi connectivity index (χ4v) is 3.39. The largest absolute Gasteiger partial charge is 0.493 e. The van der Waals surface area contributed by atoms with Crippen molar-refractivity contribution in [2.45, 2.75) is 26.7 Å². The number of ether oxygens (including phenoxy) is 1. The number of carbonyl (C=O) groups excluding carboxylic acids is 2. The highest BCUT2D eigenvalue weighted by atomic mass is 32.1. The van der Waals surface area contributed by atoms with Crippen molar-refractivity contribution in [1.29, 1.82) is 0 Å². The van der Waals surface area contributed by atoms with Gasteiger partial charge in [0.2, 0.25) is 5.91 Å². The quantitative estimate of drug-likeness (QED) is 0.360. The fourth-order valence-electron chi connectivity index (χ4n) is 3.18. The van der Waals surface area contributed by atoms with E-state index in [1.165, 1.54) is 0 Å². The molecule has 0 saturated carbocycles. The molecule has 0 heterocycles. The molecule has 6 nitrogen and oxygen atoms in total. The summed E-state index contributed by atoms with van der Waals surface area (Å²) >= 11 is 5.32. The molecule has 3 rings (SSSR count). The maximum Gasteiger partial charge on any atom is 0.261 e. The number of rotatable bonds is 9. The number of thiocarbonyl (C=S) groups is 1. The van der Waals surface area contributed by atoms with Gasteiger partial charge >= 0.3 is 0 Å².